The van der Waals surface area contributed by atoms with Crippen LogP contribution in [0.2, 0.25) is 0 Å². The Morgan fingerprint density at radius 2 is 1.76 bits per heavy atom. The van der Waals surface area contributed by atoms with Gasteiger partial charge in [-0.1, -0.05) is 38.1 Å². The van der Waals surface area contributed by atoms with Crippen LogP contribution in [0.25, 0.3) is 22.4 Å². The number of hydrogen-bond donors (Lipinski definition) is 1. The number of morpholine rings is 1. The van der Waals surface area contributed by atoms with E-state index in [1.54, 1.807) is 18.9 Å². The van der Waals surface area contributed by atoms with E-state index in [4.69, 9.17) is 14.2 Å². The predicted octanol–water partition coefficient (Wildman–Crippen LogP) is 4.48. The minimum Gasteiger partial charge on any atom is -0.496 e. The molecular formula is C29H38N4O4. The molecule has 198 valence electrons. The quantitative estimate of drug-likeness (QED) is 0.461. The molecule has 1 amide bonds. The van der Waals surface area contributed by atoms with Crippen LogP contribution in [0.15, 0.2) is 36.4 Å². The van der Waals surface area contributed by atoms with Gasteiger partial charge in [0.25, 0.3) is 5.91 Å². The van der Waals surface area contributed by atoms with Crippen molar-refractivity contribution in [2.75, 3.05) is 47.1 Å². The normalized spacial score (nSPS) is 14.1. The monoisotopic (exact) mass is 506 g/mol. The largest absolute Gasteiger partial charge is 0.496 e. The van der Waals surface area contributed by atoms with Crippen molar-refractivity contribution in [1.29, 1.82) is 0 Å². The number of nitrogens with zero attached hydrogens (tertiary/aromatic N) is 3. The average molecular weight is 507 g/mol. The summed E-state index contributed by atoms with van der Waals surface area (Å²) in [6.07, 6.45) is 0. The molecule has 4 rings (SSSR count). The van der Waals surface area contributed by atoms with Crippen molar-refractivity contribution in [1.82, 2.24) is 20.0 Å². The number of aromatic nitrogens is 2. The number of methoxy groups -OCH3 is 2. The highest BCUT2D eigenvalue weighted by Gasteiger charge is 2.27. The van der Waals surface area contributed by atoms with E-state index in [0.29, 0.717) is 18.0 Å². The molecule has 1 fully saturated rings. The lowest BCUT2D eigenvalue weighted by Gasteiger charge is -2.26. The molecule has 3 aromatic rings. The molecule has 0 saturated carbocycles. The van der Waals surface area contributed by atoms with Crippen LogP contribution in [0.5, 0.6) is 11.5 Å². The zero-order valence-electron chi connectivity index (χ0n) is 22.8. The molecule has 0 spiro atoms. The fraction of sp³-hybridized carbons (Fsp3) is 0.448. The number of aryl methyl sites for hydroxylation is 1. The lowest BCUT2D eigenvalue weighted by atomic mass is 9.93. The summed E-state index contributed by atoms with van der Waals surface area (Å²) in [5.41, 5.74) is 6.08. The van der Waals surface area contributed by atoms with Gasteiger partial charge in [-0.25, -0.2) is 0 Å². The summed E-state index contributed by atoms with van der Waals surface area (Å²) in [6, 6.07) is 12.4. The van der Waals surface area contributed by atoms with Gasteiger partial charge in [-0.2, -0.15) is 5.10 Å². The molecule has 1 aromatic heterocycles. The molecule has 8 heteroatoms. The zero-order valence-corrected chi connectivity index (χ0v) is 22.8. The van der Waals surface area contributed by atoms with Crippen LogP contribution in [0, 0.1) is 0 Å². The van der Waals surface area contributed by atoms with Gasteiger partial charge in [-0.3, -0.25) is 14.4 Å². The second-order valence-electron chi connectivity index (χ2n) is 9.59. The maximum Gasteiger partial charge on any atom is 0.272 e. The topological polar surface area (TPSA) is 77.9 Å². The Hall–Kier alpha value is -3.36. The zero-order chi connectivity index (χ0) is 26.5. The molecule has 0 radical (unpaired) electrons. The molecule has 0 bridgehead atoms. The third-order valence-electron chi connectivity index (χ3n) is 6.78. The first kappa shape index (κ1) is 26.7. The Labute approximate surface area is 219 Å². The van der Waals surface area contributed by atoms with Gasteiger partial charge in [-0.05, 0) is 35.6 Å². The van der Waals surface area contributed by atoms with E-state index in [0.717, 1.165) is 66.5 Å². The van der Waals surface area contributed by atoms with Gasteiger partial charge in [0.2, 0.25) is 0 Å². The Kier molecular flexibility index (Phi) is 8.51. The molecular weight excluding hydrogens is 468 g/mol. The second kappa shape index (κ2) is 11.8. The smallest absolute Gasteiger partial charge is 0.272 e. The summed E-state index contributed by atoms with van der Waals surface area (Å²) < 4.78 is 18.7. The maximum atomic E-state index is 13.1. The van der Waals surface area contributed by atoms with Gasteiger partial charge in [0.15, 0.2) is 5.69 Å². The predicted molar refractivity (Wildman–Crippen MR) is 145 cm³/mol. The molecule has 0 atom stereocenters. The maximum absolute atomic E-state index is 13.1. The fourth-order valence-electron chi connectivity index (χ4n) is 4.86. The molecule has 37 heavy (non-hydrogen) atoms. The van der Waals surface area contributed by atoms with Crippen molar-refractivity contribution in [3.63, 3.8) is 0 Å². The Morgan fingerprint density at radius 1 is 1.08 bits per heavy atom. The first-order valence-corrected chi connectivity index (χ1v) is 12.9. The molecule has 2 aromatic carbocycles. The van der Waals surface area contributed by atoms with E-state index < -0.39 is 0 Å². The molecule has 0 aliphatic carbocycles. The highest BCUT2D eigenvalue weighted by atomic mass is 16.5. The molecule has 2 heterocycles. The molecule has 1 N–H and O–H groups in total. The van der Waals surface area contributed by atoms with Crippen molar-refractivity contribution in [2.45, 2.75) is 33.2 Å². The van der Waals surface area contributed by atoms with Crippen LogP contribution >= 0.6 is 0 Å². The van der Waals surface area contributed by atoms with E-state index in [1.807, 2.05) is 20.0 Å². The van der Waals surface area contributed by atoms with Gasteiger partial charge in [0.1, 0.15) is 11.5 Å². The number of hydrogen-bond acceptors (Lipinski definition) is 6. The average Bonchev–Trinajstić information content (AvgIpc) is 3.25. The third-order valence-corrected chi connectivity index (χ3v) is 6.78. The summed E-state index contributed by atoms with van der Waals surface area (Å²) in [7, 11) is 5.18. The number of carbonyl (C=O) groups excluding carboxylic acids is 1. The van der Waals surface area contributed by atoms with Crippen LogP contribution in [0.4, 0.5) is 0 Å². The van der Waals surface area contributed by atoms with Crippen LogP contribution in [-0.2, 0) is 18.3 Å². The highest BCUT2D eigenvalue weighted by molar-refractivity contribution is 6.03. The molecule has 1 saturated heterocycles. The van der Waals surface area contributed by atoms with E-state index in [-0.39, 0.29) is 11.8 Å². The van der Waals surface area contributed by atoms with Crippen LogP contribution in [-0.4, -0.2) is 67.7 Å². The van der Waals surface area contributed by atoms with Gasteiger partial charge in [-0.15, -0.1) is 0 Å². The number of rotatable bonds is 9. The molecule has 0 unspecified atom stereocenters. The Balaban J connectivity index is 1.85. The Bertz CT molecular complexity index is 1230. The van der Waals surface area contributed by atoms with E-state index in [9.17, 15) is 4.79 Å². The lowest BCUT2D eigenvalue weighted by molar-refractivity contribution is 0.0342. The first-order valence-electron chi connectivity index (χ1n) is 12.9. The number of nitrogens with one attached hydrogen (secondary N) is 1. The minimum absolute atomic E-state index is 0.201. The van der Waals surface area contributed by atoms with Crippen molar-refractivity contribution < 1.29 is 19.0 Å². The van der Waals surface area contributed by atoms with E-state index >= 15 is 0 Å². The summed E-state index contributed by atoms with van der Waals surface area (Å²) in [5, 5.41) is 7.61. The summed E-state index contributed by atoms with van der Waals surface area (Å²) in [6.45, 7) is 11.0. The van der Waals surface area contributed by atoms with Crippen molar-refractivity contribution in [3.05, 3.63) is 53.2 Å². The number of ether oxygens (including phenoxy) is 3. The van der Waals surface area contributed by atoms with Crippen molar-refractivity contribution in [3.8, 4) is 33.9 Å². The van der Waals surface area contributed by atoms with Crippen LogP contribution in [0.3, 0.4) is 0 Å². The van der Waals surface area contributed by atoms with Crippen molar-refractivity contribution >= 4 is 5.91 Å². The lowest BCUT2D eigenvalue weighted by Crippen LogP contribution is -2.35. The van der Waals surface area contributed by atoms with Crippen LogP contribution < -0.4 is 14.8 Å². The van der Waals surface area contributed by atoms with Crippen LogP contribution in [0.1, 0.15) is 48.3 Å². The molecule has 8 nitrogen and oxygen atoms in total. The number of amides is 1. The summed E-state index contributed by atoms with van der Waals surface area (Å²) >= 11 is 0. The summed E-state index contributed by atoms with van der Waals surface area (Å²) in [4.78, 5) is 15.5. The minimum atomic E-state index is -0.201. The SMILES string of the molecule is CCNC(=O)c1nn(C)c(-c2cc(C(C)C)c(OC)cc2OC)c1-c1ccc(CN2CCOCC2)cc1. The van der Waals surface area contributed by atoms with Gasteiger partial charge in [0.05, 0.1) is 33.1 Å². The molecule has 1 aliphatic rings. The van der Waals surface area contributed by atoms with Gasteiger partial charge in [0, 0.05) is 50.4 Å². The summed E-state index contributed by atoms with van der Waals surface area (Å²) in [5.74, 6) is 1.47. The Morgan fingerprint density at radius 3 is 2.35 bits per heavy atom. The number of carbonyl (C=O) groups is 1. The van der Waals surface area contributed by atoms with Gasteiger partial charge < -0.3 is 19.5 Å². The highest BCUT2D eigenvalue weighted by Crippen LogP contribution is 2.43. The van der Waals surface area contributed by atoms with Crippen molar-refractivity contribution in [2.24, 2.45) is 7.05 Å². The standard InChI is InChI=1S/C29H38N4O4/c1-7-30-29(34)27-26(21-10-8-20(9-11-21)18-33-12-14-37-15-13-33)28(32(4)31-27)23-16-22(19(2)3)24(35-5)17-25(23)36-6/h8-11,16-17,19H,7,12-15,18H2,1-6H3,(H,30,34). The first-order chi connectivity index (χ1) is 17.9. The molecule has 1 aliphatic heterocycles. The van der Waals surface area contributed by atoms with E-state index in [1.165, 1.54) is 5.56 Å². The fourth-order valence-corrected chi connectivity index (χ4v) is 4.86. The second-order valence-corrected chi connectivity index (χ2v) is 9.59. The third kappa shape index (κ3) is 5.65. The van der Waals surface area contributed by atoms with Gasteiger partial charge >= 0.3 is 0 Å². The van der Waals surface area contributed by atoms with E-state index in [2.05, 4.69) is 59.5 Å². The number of benzene rings is 2.